The zero-order valence-corrected chi connectivity index (χ0v) is 5.17. The maximum absolute atomic E-state index is 5.18. The maximum Gasteiger partial charge on any atom is 0.0448 e. The highest BCUT2D eigenvalue weighted by Gasteiger charge is 1.86. The van der Waals surface area contributed by atoms with Crippen molar-refractivity contribution in [3.63, 3.8) is 0 Å². The molecular formula is C7H14N2. The molecule has 1 rings (SSSR count). The first kappa shape index (κ1) is 6.11. The van der Waals surface area contributed by atoms with Crippen molar-refractivity contribution < 1.29 is 2.85 Å². The number of nitrogens with one attached hydrogen (secondary N) is 1. The van der Waals surface area contributed by atoms with Crippen LogP contribution in [0.1, 0.15) is 9.27 Å². The van der Waals surface area contributed by atoms with Crippen LogP contribution in [0.15, 0.2) is 36.1 Å². The average molecular weight is 126 g/mol. The van der Waals surface area contributed by atoms with E-state index < -0.39 is 0 Å². The minimum absolute atomic E-state index is 0. The summed E-state index contributed by atoms with van der Waals surface area (Å²) in [5.41, 5.74) is 3.55. The van der Waals surface area contributed by atoms with Gasteiger partial charge < -0.3 is 5.43 Å². The quantitative estimate of drug-likeness (QED) is 0.411. The van der Waals surface area contributed by atoms with Gasteiger partial charge in [0.1, 0.15) is 0 Å². The van der Waals surface area contributed by atoms with Gasteiger partial charge >= 0.3 is 0 Å². The van der Waals surface area contributed by atoms with E-state index in [2.05, 4.69) is 11.5 Å². The highest BCUT2D eigenvalue weighted by molar-refractivity contribution is 5.24. The molecule has 3 N–H and O–H groups in total. The molecule has 0 saturated heterocycles. The summed E-state index contributed by atoms with van der Waals surface area (Å²) in [4.78, 5) is 0. The van der Waals surface area contributed by atoms with Gasteiger partial charge in [0.15, 0.2) is 0 Å². The normalized spacial score (nSPS) is 16.8. The number of nitrogens with two attached hydrogens (primary N) is 1. The van der Waals surface area contributed by atoms with Crippen molar-refractivity contribution >= 4 is 0 Å². The summed E-state index contributed by atoms with van der Waals surface area (Å²) in [5, 5.41) is 0. The van der Waals surface area contributed by atoms with Gasteiger partial charge in [-0.05, 0) is 12.5 Å². The van der Waals surface area contributed by atoms with E-state index in [1.165, 1.54) is 0 Å². The zero-order chi connectivity index (χ0) is 6.53. The van der Waals surface area contributed by atoms with Crippen LogP contribution in [0.4, 0.5) is 0 Å². The lowest BCUT2D eigenvalue weighted by Crippen LogP contribution is -2.19. The van der Waals surface area contributed by atoms with Crippen LogP contribution in [0.5, 0.6) is 0 Å². The van der Waals surface area contributed by atoms with Gasteiger partial charge in [-0.25, -0.2) is 0 Å². The molecule has 9 heavy (non-hydrogen) atoms. The third-order valence-electron chi connectivity index (χ3n) is 1.16. The van der Waals surface area contributed by atoms with Crippen molar-refractivity contribution in [3.8, 4) is 0 Å². The predicted octanol–water partition coefficient (Wildman–Crippen LogP) is 1.34. The Morgan fingerprint density at radius 1 is 1.56 bits per heavy atom. The van der Waals surface area contributed by atoms with E-state index in [1.807, 2.05) is 24.3 Å². The molecule has 1 aliphatic carbocycles. The van der Waals surface area contributed by atoms with Gasteiger partial charge in [0, 0.05) is 8.55 Å². The third kappa shape index (κ3) is 1.74. The fraction of sp³-hybridized carbons (Fsp3) is 0.143. The Labute approximate surface area is 57.7 Å². The Balaban J connectivity index is 0. The lowest BCUT2D eigenvalue weighted by atomic mass is 10.3. The van der Waals surface area contributed by atoms with E-state index in [4.69, 9.17) is 5.84 Å². The molecule has 0 spiro atoms. The summed E-state index contributed by atoms with van der Waals surface area (Å²) < 4.78 is 0. The molecule has 0 aliphatic heterocycles. The Morgan fingerprint density at radius 3 is 3.22 bits per heavy atom. The van der Waals surface area contributed by atoms with Gasteiger partial charge in [0.05, 0.1) is 0 Å². The Bertz CT molecular complexity index is 173. The van der Waals surface area contributed by atoms with Crippen LogP contribution < -0.4 is 11.3 Å². The van der Waals surface area contributed by atoms with E-state index >= 15 is 0 Å². The van der Waals surface area contributed by atoms with Crippen molar-refractivity contribution in [2.24, 2.45) is 5.84 Å². The number of hydrogen-bond acceptors (Lipinski definition) is 2. The van der Waals surface area contributed by atoms with Crippen LogP contribution in [0.3, 0.4) is 0 Å². The van der Waals surface area contributed by atoms with E-state index in [0.717, 1.165) is 12.1 Å². The summed E-state index contributed by atoms with van der Waals surface area (Å²) in [6.07, 6.45) is 10.9. The smallest absolute Gasteiger partial charge is 0.0448 e. The van der Waals surface area contributed by atoms with Crippen molar-refractivity contribution in [2.45, 2.75) is 6.42 Å². The van der Waals surface area contributed by atoms with E-state index in [9.17, 15) is 0 Å². The molecule has 0 aromatic heterocycles. The summed E-state index contributed by atoms with van der Waals surface area (Å²) >= 11 is 0. The number of rotatable bonds is 1. The molecule has 1 aliphatic rings. The molecule has 0 aromatic rings. The van der Waals surface area contributed by atoms with E-state index in [-0.39, 0.29) is 2.85 Å². The molecule has 0 bridgehead atoms. The molecule has 0 unspecified atom stereocenters. The number of hydrazine groups is 1. The van der Waals surface area contributed by atoms with Crippen LogP contribution in [-0.2, 0) is 0 Å². The molecule has 0 fully saturated rings. The summed E-state index contributed by atoms with van der Waals surface area (Å²) in [6, 6.07) is 0. The highest BCUT2D eigenvalue weighted by Crippen LogP contribution is 1.99. The van der Waals surface area contributed by atoms with Gasteiger partial charge in [-0.3, -0.25) is 5.84 Å². The molecule has 0 radical (unpaired) electrons. The largest absolute Gasteiger partial charge is 0.324 e. The standard InChI is InChI=1S/C7H10N2.2H2/c8-9-7-5-3-1-2-4-6-7;;/h1-3,5-6,9H,4,8H2;2*1H. The Hall–Kier alpha value is -1.02. The predicted molar refractivity (Wildman–Crippen MR) is 42.5 cm³/mol. The molecule has 0 heterocycles. The van der Waals surface area contributed by atoms with Gasteiger partial charge in [-0.1, -0.05) is 24.3 Å². The zero-order valence-electron chi connectivity index (χ0n) is 5.17. The molecule has 0 aromatic carbocycles. The van der Waals surface area contributed by atoms with Crippen LogP contribution >= 0.6 is 0 Å². The van der Waals surface area contributed by atoms with Crippen LogP contribution in [-0.4, -0.2) is 0 Å². The first-order valence-electron chi connectivity index (χ1n) is 2.93. The van der Waals surface area contributed by atoms with Crippen LogP contribution in [0.25, 0.3) is 0 Å². The van der Waals surface area contributed by atoms with Gasteiger partial charge in [0.25, 0.3) is 0 Å². The lowest BCUT2D eigenvalue weighted by Gasteiger charge is -1.95. The van der Waals surface area contributed by atoms with Gasteiger partial charge in [-0.15, -0.1) is 0 Å². The minimum Gasteiger partial charge on any atom is -0.324 e. The SMILES string of the molecule is NNC1=CCC=CC=C1.[HH].[HH]. The van der Waals surface area contributed by atoms with Crippen LogP contribution in [0.2, 0.25) is 0 Å². The first-order chi connectivity index (χ1) is 4.43. The van der Waals surface area contributed by atoms with Crippen molar-refractivity contribution in [2.75, 3.05) is 0 Å². The summed E-state index contributed by atoms with van der Waals surface area (Å²) in [7, 11) is 0. The molecule has 0 amide bonds. The number of hydrogen-bond donors (Lipinski definition) is 2. The second-order valence-electron chi connectivity index (χ2n) is 1.83. The monoisotopic (exact) mass is 126 g/mol. The van der Waals surface area contributed by atoms with E-state index in [0.29, 0.717) is 0 Å². The average Bonchev–Trinajstić information content (AvgIpc) is 2.13. The fourth-order valence-corrected chi connectivity index (χ4v) is 0.686. The second kappa shape index (κ2) is 3.10. The van der Waals surface area contributed by atoms with Gasteiger partial charge in [0.2, 0.25) is 0 Å². The third-order valence-corrected chi connectivity index (χ3v) is 1.16. The summed E-state index contributed by atoms with van der Waals surface area (Å²) in [6.45, 7) is 0. The van der Waals surface area contributed by atoms with Crippen molar-refractivity contribution in [3.05, 3.63) is 36.1 Å². The number of allylic oxidation sites excluding steroid dienone is 5. The second-order valence-corrected chi connectivity index (χ2v) is 1.83. The molecule has 2 heteroatoms. The summed E-state index contributed by atoms with van der Waals surface area (Å²) in [5.74, 6) is 5.18. The molecule has 0 saturated carbocycles. The minimum atomic E-state index is 0. The topological polar surface area (TPSA) is 38.0 Å². The highest BCUT2D eigenvalue weighted by atomic mass is 15.2. The fourth-order valence-electron chi connectivity index (χ4n) is 0.686. The van der Waals surface area contributed by atoms with Crippen molar-refractivity contribution in [1.82, 2.24) is 5.43 Å². The van der Waals surface area contributed by atoms with Crippen molar-refractivity contribution in [1.29, 1.82) is 0 Å². The lowest BCUT2D eigenvalue weighted by molar-refractivity contribution is 0.910. The van der Waals surface area contributed by atoms with Gasteiger partial charge in [-0.2, -0.15) is 0 Å². The van der Waals surface area contributed by atoms with Crippen LogP contribution in [0, 0.1) is 0 Å². The maximum atomic E-state index is 5.18. The first-order valence-corrected chi connectivity index (χ1v) is 2.93. The molecule has 52 valence electrons. The molecule has 0 atom stereocenters. The van der Waals surface area contributed by atoms with E-state index in [1.54, 1.807) is 0 Å². The molecule has 2 nitrogen and oxygen atoms in total. The molecular weight excluding hydrogens is 112 g/mol. The Kier molecular flexibility index (Phi) is 2.10. The Morgan fingerprint density at radius 2 is 2.44 bits per heavy atom.